The third-order valence-corrected chi connectivity index (χ3v) is 3.37. The largest absolute Gasteiger partial charge is 0.456 e. The van der Waals surface area contributed by atoms with Crippen LogP contribution < -0.4 is 5.73 Å². The molecule has 2 nitrogen and oxygen atoms in total. The highest BCUT2D eigenvalue weighted by Crippen LogP contribution is 2.27. The molecule has 0 amide bonds. The summed E-state index contributed by atoms with van der Waals surface area (Å²) in [6.45, 7) is 0. The Kier molecular flexibility index (Phi) is 3.43. The summed E-state index contributed by atoms with van der Waals surface area (Å²) in [5, 5.41) is 0.564. The normalized spacial score (nSPS) is 12.8. The number of hydrogen-bond acceptors (Lipinski definition) is 2. The van der Waals surface area contributed by atoms with Gasteiger partial charge in [0, 0.05) is 17.4 Å². The van der Waals surface area contributed by atoms with Crippen LogP contribution in [0.4, 0.5) is 13.2 Å². The number of para-hydroxylation sites is 1. The number of rotatable bonds is 3. The van der Waals surface area contributed by atoms with E-state index in [-0.39, 0.29) is 23.3 Å². The average Bonchev–Trinajstić information content (AvgIpc) is 2.88. The Bertz CT molecular complexity index is 777. The van der Waals surface area contributed by atoms with Crippen molar-refractivity contribution in [1.82, 2.24) is 0 Å². The molecule has 0 saturated carbocycles. The van der Waals surface area contributed by atoms with Gasteiger partial charge in [0.2, 0.25) is 0 Å². The highest BCUT2D eigenvalue weighted by Gasteiger charge is 2.18. The van der Waals surface area contributed by atoms with Gasteiger partial charge in [0.25, 0.3) is 0 Å². The second-order valence-corrected chi connectivity index (χ2v) is 4.82. The monoisotopic (exact) mass is 291 g/mol. The van der Waals surface area contributed by atoms with Crippen molar-refractivity contribution in [2.24, 2.45) is 5.73 Å². The molecule has 1 unspecified atom stereocenters. The second-order valence-electron chi connectivity index (χ2n) is 4.82. The van der Waals surface area contributed by atoms with E-state index < -0.39 is 23.5 Å². The van der Waals surface area contributed by atoms with E-state index in [1.165, 1.54) is 24.3 Å². The van der Waals surface area contributed by atoms with Crippen molar-refractivity contribution in [1.29, 1.82) is 0 Å². The molecule has 2 aromatic carbocycles. The SMILES string of the molecule is NC(Cc1c(F)cccc1F)c1cc2cccc(F)c2o1. The topological polar surface area (TPSA) is 39.2 Å². The lowest BCUT2D eigenvalue weighted by Gasteiger charge is -2.10. The summed E-state index contributed by atoms with van der Waals surface area (Å²) in [4.78, 5) is 0. The summed E-state index contributed by atoms with van der Waals surface area (Å²) in [6.07, 6.45) is -0.0695. The Hall–Kier alpha value is -2.27. The van der Waals surface area contributed by atoms with Gasteiger partial charge in [-0.2, -0.15) is 0 Å². The average molecular weight is 291 g/mol. The molecule has 21 heavy (non-hydrogen) atoms. The van der Waals surface area contributed by atoms with Crippen LogP contribution in [-0.4, -0.2) is 0 Å². The third kappa shape index (κ3) is 2.52. The quantitative estimate of drug-likeness (QED) is 0.789. The van der Waals surface area contributed by atoms with Gasteiger partial charge in [-0.15, -0.1) is 0 Å². The number of hydrogen-bond donors (Lipinski definition) is 1. The first-order valence-corrected chi connectivity index (χ1v) is 6.42. The first-order valence-electron chi connectivity index (χ1n) is 6.42. The zero-order valence-electron chi connectivity index (χ0n) is 10.9. The molecule has 2 N–H and O–H groups in total. The van der Waals surface area contributed by atoms with Crippen LogP contribution in [0, 0.1) is 17.5 Å². The fourth-order valence-corrected chi connectivity index (χ4v) is 2.28. The first kappa shape index (κ1) is 13.7. The van der Waals surface area contributed by atoms with Gasteiger partial charge < -0.3 is 10.2 Å². The molecule has 1 aromatic heterocycles. The minimum Gasteiger partial charge on any atom is -0.456 e. The van der Waals surface area contributed by atoms with Crippen LogP contribution in [0.15, 0.2) is 46.9 Å². The van der Waals surface area contributed by atoms with Crippen molar-refractivity contribution >= 4 is 11.0 Å². The lowest BCUT2D eigenvalue weighted by molar-refractivity contribution is 0.465. The number of halogens is 3. The molecule has 1 heterocycles. The van der Waals surface area contributed by atoms with Crippen LogP contribution in [0.1, 0.15) is 17.4 Å². The molecule has 0 spiro atoms. The Morgan fingerprint density at radius 2 is 1.57 bits per heavy atom. The molecule has 0 bridgehead atoms. The number of benzene rings is 2. The van der Waals surface area contributed by atoms with Gasteiger partial charge in [0.05, 0.1) is 6.04 Å². The maximum atomic E-state index is 13.6. The summed E-state index contributed by atoms with van der Waals surface area (Å²) in [5.74, 6) is -1.53. The zero-order chi connectivity index (χ0) is 15.0. The van der Waals surface area contributed by atoms with Crippen molar-refractivity contribution in [3.63, 3.8) is 0 Å². The van der Waals surface area contributed by atoms with Gasteiger partial charge in [-0.3, -0.25) is 0 Å². The predicted molar refractivity (Wildman–Crippen MR) is 73.2 cm³/mol. The summed E-state index contributed by atoms with van der Waals surface area (Å²) in [7, 11) is 0. The lowest BCUT2D eigenvalue weighted by Crippen LogP contribution is -2.14. The summed E-state index contributed by atoms with van der Waals surface area (Å²) in [5.41, 5.74) is 5.92. The van der Waals surface area contributed by atoms with Crippen molar-refractivity contribution in [3.8, 4) is 0 Å². The van der Waals surface area contributed by atoms with Gasteiger partial charge >= 0.3 is 0 Å². The van der Waals surface area contributed by atoms with Crippen molar-refractivity contribution < 1.29 is 17.6 Å². The van der Waals surface area contributed by atoms with Gasteiger partial charge in [-0.25, -0.2) is 13.2 Å². The van der Waals surface area contributed by atoms with E-state index in [0.29, 0.717) is 5.39 Å². The molecule has 3 aromatic rings. The zero-order valence-corrected chi connectivity index (χ0v) is 10.9. The molecule has 0 aliphatic rings. The maximum Gasteiger partial charge on any atom is 0.169 e. The van der Waals surface area contributed by atoms with E-state index in [4.69, 9.17) is 10.2 Å². The minimum atomic E-state index is -0.761. The molecule has 3 rings (SSSR count). The summed E-state index contributed by atoms with van der Waals surface area (Å²) in [6, 6.07) is 8.96. The van der Waals surface area contributed by atoms with Crippen LogP contribution in [0.25, 0.3) is 11.0 Å². The molecule has 5 heteroatoms. The Morgan fingerprint density at radius 1 is 0.952 bits per heavy atom. The van der Waals surface area contributed by atoms with E-state index >= 15 is 0 Å². The van der Waals surface area contributed by atoms with Crippen LogP contribution in [-0.2, 0) is 6.42 Å². The summed E-state index contributed by atoms with van der Waals surface area (Å²) < 4.78 is 46.1. The molecule has 0 aliphatic heterocycles. The van der Waals surface area contributed by atoms with E-state index in [0.717, 1.165) is 0 Å². The van der Waals surface area contributed by atoms with Crippen LogP contribution in [0.3, 0.4) is 0 Å². The Labute approximate surface area is 119 Å². The molecule has 0 fully saturated rings. The van der Waals surface area contributed by atoms with E-state index in [2.05, 4.69) is 0 Å². The second kappa shape index (κ2) is 5.26. The fraction of sp³-hybridized carbons (Fsp3) is 0.125. The fourth-order valence-electron chi connectivity index (χ4n) is 2.28. The van der Waals surface area contributed by atoms with Crippen LogP contribution in [0.5, 0.6) is 0 Å². The van der Waals surface area contributed by atoms with Gasteiger partial charge in [0.1, 0.15) is 17.4 Å². The smallest absolute Gasteiger partial charge is 0.169 e. The Balaban J connectivity index is 1.94. The van der Waals surface area contributed by atoms with Gasteiger partial charge in [0.15, 0.2) is 11.4 Å². The molecular formula is C16H12F3NO. The third-order valence-electron chi connectivity index (χ3n) is 3.37. The van der Waals surface area contributed by atoms with Crippen molar-refractivity contribution in [2.45, 2.75) is 12.5 Å². The van der Waals surface area contributed by atoms with E-state index in [9.17, 15) is 13.2 Å². The summed E-state index contributed by atoms with van der Waals surface area (Å²) >= 11 is 0. The molecule has 0 aliphatic carbocycles. The minimum absolute atomic E-state index is 0.0695. The first-order chi connectivity index (χ1) is 10.1. The molecule has 1 atom stereocenters. The van der Waals surface area contributed by atoms with Crippen LogP contribution in [0.2, 0.25) is 0 Å². The number of nitrogens with two attached hydrogens (primary N) is 1. The van der Waals surface area contributed by atoms with Crippen molar-refractivity contribution in [3.05, 3.63) is 71.2 Å². The molecule has 0 radical (unpaired) electrons. The van der Waals surface area contributed by atoms with E-state index in [1.807, 2.05) is 0 Å². The molecule has 108 valence electrons. The predicted octanol–water partition coefficient (Wildman–Crippen LogP) is 4.09. The highest BCUT2D eigenvalue weighted by atomic mass is 19.1. The van der Waals surface area contributed by atoms with Gasteiger partial charge in [-0.1, -0.05) is 18.2 Å². The van der Waals surface area contributed by atoms with Crippen LogP contribution >= 0.6 is 0 Å². The number of fused-ring (bicyclic) bond motifs is 1. The van der Waals surface area contributed by atoms with Crippen molar-refractivity contribution in [2.75, 3.05) is 0 Å². The Morgan fingerprint density at radius 3 is 2.24 bits per heavy atom. The molecular weight excluding hydrogens is 279 g/mol. The standard InChI is InChI=1S/C16H12F3NO/c17-11-4-2-5-12(18)10(11)8-14(20)15-7-9-3-1-6-13(19)16(9)21-15/h1-7,14H,8,20H2. The lowest BCUT2D eigenvalue weighted by atomic mass is 10.0. The molecule has 0 saturated heterocycles. The van der Waals surface area contributed by atoms with E-state index in [1.54, 1.807) is 18.2 Å². The highest BCUT2D eigenvalue weighted by molar-refractivity contribution is 5.78. The van der Waals surface area contributed by atoms with Gasteiger partial charge in [-0.05, 0) is 24.3 Å². The maximum absolute atomic E-state index is 13.6. The number of furan rings is 1.